The van der Waals surface area contributed by atoms with Gasteiger partial charge in [-0.15, -0.1) is 0 Å². The van der Waals surface area contributed by atoms with E-state index in [0.29, 0.717) is 25.1 Å². The van der Waals surface area contributed by atoms with Gasteiger partial charge in [0.05, 0.1) is 5.56 Å². The molecule has 1 aromatic rings. The van der Waals surface area contributed by atoms with E-state index in [1.165, 1.54) is 12.1 Å². The average Bonchev–Trinajstić information content (AvgIpc) is 2.85. The molecule has 0 radical (unpaired) electrons. The van der Waals surface area contributed by atoms with E-state index < -0.39 is 22.8 Å². The minimum atomic E-state index is -0.850. The third-order valence-electron chi connectivity index (χ3n) is 3.72. The summed E-state index contributed by atoms with van der Waals surface area (Å²) in [5, 5.41) is 0. The van der Waals surface area contributed by atoms with Gasteiger partial charge in [0.15, 0.2) is 6.29 Å². The molecule has 1 heterocycles. The highest BCUT2D eigenvalue weighted by Gasteiger charge is 2.30. The fourth-order valence-electron chi connectivity index (χ4n) is 2.69. The Morgan fingerprint density at radius 1 is 1.35 bits per heavy atom. The molecular formula is C17H21F2NO3. The second-order valence-electron chi connectivity index (χ2n) is 6.88. The number of carbonyl (C=O) groups excluding carboxylic acids is 2. The zero-order valence-corrected chi connectivity index (χ0v) is 13.6. The van der Waals surface area contributed by atoms with Crippen molar-refractivity contribution in [2.45, 2.75) is 39.2 Å². The molecule has 0 aliphatic carbocycles. The van der Waals surface area contributed by atoms with E-state index >= 15 is 0 Å². The first-order chi connectivity index (χ1) is 10.7. The first-order valence-corrected chi connectivity index (χ1v) is 7.60. The summed E-state index contributed by atoms with van der Waals surface area (Å²) in [6.45, 7) is 6.47. The Balaban J connectivity index is 1.98. The van der Waals surface area contributed by atoms with Gasteiger partial charge in [0, 0.05) is 13.1 Å². The number of amides is 1. The molecule has 1 atom stereocenters. The van der Waals surface area contributed by atoms with Crippen molar-refractivity contribution >= 4 is 12.4 Å². The minimum Gasteiger partial charge on any atom is -0.444 e. The van der Waals surface area contributed by atoms with E-state index in [0.717, 1.165) is 6.42 Å². The Labute approximate surface area is 134 Å². The fraction of sp³-hybridized carbons (Fsp3) is 0.529. The van der Waals surface area contributed by atoms with Crippen molar-refractivity contribution in [3.05, 3.63) is 34.9 Å². The number of carbonyl (C=O) groups is 2. The van der Waals surface area contributed by atoms with E-state index in [9.17, 15) is 18.4 Å². The Hall–Kier alpha value is -1.98. The summed E-state index contributed by atoms with van der Waals surface area (Å²) in [5.74, 6) is -1.59. The first-order valence-electron chi connectivity index (χ1n) is 7.60. The number of aldehydes is 1. The molecule has 1 amide bonds. The van der Waals surface area contributed by atoms with Crippen LogP contribution in [0.3, 0.4) is 0 Å². The summed E-state index contributed by atoms with van der Waals surface area (Å²) in [6.07, 6.45) is 1.01. The van der Waals surface area contributed by atoms with Gasteiger partial charge in [0.2, 0.25) is 0 Å². The van der Waals surface area contributed by atoms with Gasteiger partial charge in [-0.25, -0.2) is 13.6 Å². The maximum Gasteiger partial charge on any atom is 0.410 e. The number of hydrogen-bond acceptors (Lipinski definition) is 3. The highest BCUT2D eigenvalue weighted by atomic mass is 19.1. The van der Waals surface area contributed by atoms with Gasteiger partial charge in [-0.2, -0.15) is 0 Å². The van der Waals surface area contributed by atoms with Crippen LogP contribution in [0, 0.1) is 17.6 Å². The van der Waals surface area contributed by atoms with Crippen molar-refractivity contribution in [2.75, 3.05) is 13.1 Å². The van der Waals surface area contributed by atoms with Crippen LogP contribution >= 0.6 is 0 Å². The topological polar surface area (TPSA) is 46.6 Å². The van der Waals surface area contributed by atoms with Gasteiger partial charge >= 0.3 is 6.09 Å². The van der Waals surface area contributed by atoms with Crippen molar-refractivity contribution in [2.24, 2.45) is 5.92 Å². The summed E-state index contributed by atoms with van der Waals surface area (Å²) in [4.78, 5) is 24.2. The SMILES string of the molecule is CC(C)(C)OC(=O)N1CCC(Cc2cc(F)c(C=O)c(F)c2)C1. The second kappa shape index (κ2) is 6.64. The van der Waals surface area contributed by atoms with Crippen molar-refractivity contribution < 1.29 is 23.1 Å². The van der Waals surface area contributed by atoms with E-state index in [2.05, 4.69) is 0 Å². The van der Waals surface area contributed by atoms with Gasteiger partial charge in [-0.05, 0) is 57.2 Å². The Bertz CT molecular complexity index is 587. The van der Waals surface area contributed by atoms with E-state index in [1.54, 1.807) is 25.7 Å². The zero-order chi connectivity index (χ0) is 17.2. The molecular weight excluding hydrogens is 304 g/mol. The smallest absolute Gasteiger partial charge is 0.410 e. The Morgan fingerprint density at radius 3 is 2.48 bits per heavy atom. The van der Waals surface area contributed by atoms with Crippen LogP contribution in [-0.2, 0) is 11.2 Å². The summed E-state index contributed by atoms with van der Waals surface area (Å²) >= 11 is 0. The molecule has 1 saturated heterocycles. The molecule has 0 saturated carbocycles. The predicted octanol–water partition coefficient (Wildman–Crippen LogP) is 3.58. The van der Waals surface area contributed by atoms with E-state index in [1.807, 2.05) is 0 Å². The number of likely N-dealkylation sites (tertiary alicyclic amines) is 1. The quantitative estimate of drug-likeness (QED) is 0.798. The van der Waals surface area contributed by atoms with Gasteiger partial charge in [-0.3, -0.25) is 4.79 Å². The number of nitrogens with zero attached hydrogens (tertiary/aromatic N) is 1. The molecule has 1 aromatic carbocycles. The highest BCUT2D eigenvalue weighted by Crippen LogP contribution is 2.24. The Kier molecular flexibility index (Phi) is 5.02. The molecule has 126 valence electrons. The third kappa shape index (κ3) is 4.50. The molecule has 0 N–H and O–H groups in total. The van der Waals surface area contributed by atoms with Crippen LogP contribution in [0.5, 0.6) is 0 Å². The van der Waals surface area contributed by atoms with Crippen molar-refractivity contribution in [3.63, 3.8) is 0 Å². The van der Waals surface area contributed by atoms with Crippen LogP contribution in [0.4, 0.5) is 13.6 Å². The van der Waals surface area contributed by atoms with Crippen molar-refractivity contribution in [3.8, 4) is 0 Å². The molecule has 0 spiro atoms. The van der Waals surface area contributed by atoms with Crippen molar-refractivity contribution in [1.82, 2.24) is 4.90 Å². The minimum absolute atomic E-state index is 0.114. The predicted molar refractivity (Wildman–Crippen MR) is 81.4 cm³/mol. The molecule has 2 rings (SSSR count). The Morgan fingerprint density at radius 2 is 1.96 bits per heavy atom. The van der Waals surface area contributed by atoms with Gasteiger partial charge < -0.3 is 9.64 Å². The van der Waals surface area contributed by atoms with Crippen LogP contribution in [0.15, 0.2) is 12.1 Å². The number of halogens is 2. The summed E-state index contributed by atoms with van der Waals surface area (Å²) in [6, 6.07) is 2.37. The number of rotatable bonds is 3. The zero-order valence-electron chi connectivity index (χ0n) is 13.6. The van der Waals surface area contributed by atoms with Crippen LogP contribution in [-0.4, -0.2) is 36.0 Å². The fourth-order valence-corrected chi connectivity index (χ4v) is 2.69. The number of hydrogen-bond donors (Lipinski definition) is 0. The van der Waals surface area contributed by atoms with Crippen LogP contribution in [0.1, 0.15) is 43.1 Å². The maximum absolute atomic E-state index is 13.6. The molecule has 1 unspecified atom stereocenters. The molecule has 1 aliphatic rings. The van der Waals surface area contributed by atoms with Crippen molar-refractivity contribution in [1.29, 1.82) is 0 Å². The third-order valence-corrected chi connectivity index (χ3v) is 3.72. The number of ether oxygens (including phenoxy) is 1. The summed E-state index contributed by atoms with van der Waals surface area (Å²) in [5.41, 5.74) is -0.608. The monoisotopic (exact) mass is 325 g/mol. The van der Waals surface area contributed by atoms with Gasteiger partial charge in [-0.1, -0.05) is 0 Å². The first kappa shape index (κ1) is 17.4. The van der Waals surface area contributed by atoms with E-state index in [4.69, 9.17) is 4.74 Å². The highest BCUT2D eigenvalue weighted by molar-refractivity contribution is 5.75. The molecule has 0 bridgehead atoms. The van der Waals surface area contributed by atoms with Crippen LogP contribution < -0.4 is 0 Å². The maximum atomic E-state index is 13.6. The lowest BCUT2D eigenvalue weighted by Gasteiger charge is -2.24. The van der Waals surface area contributed by atoms with Crippen LogP contribution in [0.25, 0.3) is 0 Å². The lowest BCUT2D eigenvalue weighted by molar-refractivity contribution is 0.0288. The lowest BCUT2D eigenvalue weighted by Crippen LogP contribution is -2.35. The molecule has 4 nitrogen and oxygen atoms in total. The number of benzene rings is 1. The van der Waals surface area contributed by atoms with Gasteiger partial charge in [0.25, 0.3) is 0 Å². The molecule has 1 fully saturated rings. The second-order valence-corrected chi connectivity index (χ2v) is 6.88. The summed E-state index contributed by atoms with van der Waals surface area (Å²) in [7, 11) is 0. The molecule has 1 aliphatic heterocycles. The molecule has 23 heavy (non-hydrogen) atoms. The normalized spacial score (nSPS) is 18.1. The average molecular weight is 325 g/mol. The van der Waals surface area contributed by atoms with E-state index in [-0.39, 0.29) is 18.3 Å². The van der Waals surface area contributed by atoms with Crippen LogP contribution in [0.2, 0.25) is 0 Å². The molecule has 6 heteroatoms. The standard InChI is InChI=1S/C17H21F2NO3/c1-17(2,3)23-16(22)20-5-4-11(9-20)6-12-7-14(18)13(10-21)15(19)8-12/h7-8,10-11H,4-6,9H2,1-3H3. The lowest BCUT2D eigenvalue weighted by atomic mass is 9.97. The summed E-state index contributed by atoms with van der Waals surface area (Å²) < 4.78 is 32.6. The van der Waals surface area contributed by atoms with Gasteiger partial charge in [0.1, 0.15) is 17.2 Å². The largest absolute Gasteiger partial charge is 0.444 e. The molecule has 0 aromatic heterocycles.